The van der Waals surface area contributed by atoms with Crippen LogP contribution in [0.3, 0.4) is 0 Å². The fourth-order valence-corrected chi connectivity index (χ4v) is 2.55. The van der Waals surface area contributed by atoms with Gasteiger partial charge in [-0.3, -0.25) is 0 Å². The van der Waals surface area contributed by atoms with Gasteiger partial charge in [0.15, 0.2) is 0 Å². The number of thiocarbonyl (C=S) groups is 1. The van der Waals surface area contributed by atoms with E-state index in [1.807, 2.05) is 18.2 Å². The van der Waals surface area contributed by atoms with Crippen molar-refractivity contribution in [2.75, 3.05) is 5.32 Å². The number of aryl methyl sites for hydroxylation is 1. The van der Waals surface area contributed by atoms with Crippen molar-refractivity contribution in [3.8, 4) is 0 Å². The molecule has 0 unspecified atom stereocenters. The lowest BCUT2D eigenvalue weighted by Gasteiger charge is -2.24. The standard InChI is InChI=1S/C18H22N2S/c1-12-9-10-13(17(19)21)16(11-12)20-15-8-6-5-7-14(15)18(2,3)4/h5-11,20H,1-4H3,(H2,19,21). The molecule has 0 fully saturated rings. The summed E-state index contributed by atoms with van der Waals surface area (Å²) in [5.41, 5.74) is 11.3. The first-order valence-corrected chi connectivity index (χ1v) is 7.47. The third-order valence-corrected chi connectivity index (χ3v) is 3.66. The summed E-state index contributed by atoms with van der Waals surface area (Å²) in [6, 6.07) is 14.4. The molecule has 0 saturated carbocycles. The predicted molar refractivity (Wildman–Crippen MR) is 95.5 cm³/mol. The largest absolute Gasteiger partial charge is 0.389 e. The minimum atomic E-state index is 0.0663. The third kappa shape index (κ3) is 3.61. The molecule has 3 heteroatoms. The van der Waals surface area contributed by atoms with E-state index in [9.17, 15) is 0 Å². The van der Waals surface area contributed by atoms with Crippen molar-refractivity contribution in [2.45, 2.75) is 33.1 Å². The Labute approximate surface area is 132 Å². The number of hydrogen-bond acceptors (Lipinski definition) is 2. The van der Waals surface area contributed by atoms with E-state index < -0.39 is 0 Å². The Hall–Kier alpha value is -1.87. The predicted octanol–water partition coefficient (Wildman–Crippen LogP) is 4.67. The van der Waals surface area contributed by atoms with E-state index in [0.717, 1.165) is 16.9 Å². The van der Waals surface area contributed by atoms with Crippen LogP contribution in [0.5, 0.6) is 0 Å². The molecule has 21 heavy (non-hydrogen) atoms. The molecule has 0 aliphatic rings. The van der Waals surface area contributed by atoms with Gasteiger partial charge in [-0.05, 0) is 41.7 Å². The van der Waals surface area contributed by atoms with Gasteiger partial charge < -0.3 is 11.1 Å². The van der Waals surface area contributed by atoms with E-state index in [1.54, 1.807) is 0 Å². The van der Waals surface area contributed by atoms with Gasteiger partial charge in [-0.1, -0.05) is 57.3 Å². The molecule has 0 spiro atoms. The van der Waals surface area contributed by atoms with Crippen molar-refractivity contribution in [1.29, 1.82) is 0 Å². The zero-order valence-corrected chi connectivity index (χ0v) is 13.8. The highest BCUT2D eigenvalue weighted by atomic mass is 32.1. The van der Waals surface area contributed by atoms with E-state index in [2.05, 4.69) is 57.3 Å². The molecule has 0 heterocycles. The Morgan fingerprint density at radius 1 is 1.05 bits per heavy atom. The smallest absolute Gasteiger partial charge is 0.106 e. The molecule has 0 aliphatic carbocycles. The highest BCUT2D eigenvalue weighted by molar-refractivity contribution is 7.80. The highest BCUT2D eigenvalue weighted by Gasteiger charge is 2.18. The number of rotatable bonds is 3. The van der Waals surface area contributed by atoms with Crippen molar-refractivity contribution in [3.05, 3.63) is 59.2 Å². The quantitative estimate of drug-likeness (QED) is 0.809. The molecule has 2 aromatic carbocycles. The van der Waals surface area contributed by atoms with Crippen LogP contribution in [-0.4, -0.2) is 4.99 Å². The van der Waals surface area contributed by atoms with E-state index >= 15 is 0 Å². The summed E-state index contributed by atoms with van der Waals surface area (Å²) in [4.78, 5) is 0.408. The minimum Gasteiger partial charge on any atom is -0.389 e. The second-order valence-corrected chi connectivity index (χ2v) is 6.77. The van der Waals surface area contributed by atoms with Crippen LogP contribution < -0.4 is 11.1 Å². The summed E-state index contributed by atoms with van der Waals surface area (Å²) in [6.07, 6.45) is 0. The number of hydrogen-bond donors (Lipinski definition) is 2. The fraction of sp³-hybridized carbons (Fsp3) is 0.278. The molecule has 2 aromatic rings. The van der Waals surface area contributed by atoms with Crippen molar-refractivity contribution in [1.82, 2.24) is 0 Å². The lowest BCUT2D eigenvalue weighted by Crippen LogP contribution is -2.15. The van der Waals surface area contributed by atoms with Crippen LogP contribution in [-0.2, 0) is 5.41 Å². The Balaban J connectivity index is 2.49. The van der Waals surface area contributed by atoms with Gasteiger partial charge >= 0.3 is 0 Å². The molecule has 0 aromatic heterocycles. The van der Waals surface area contributed by atoms with E-state index in [1.165, 1.54) is 11.1 Å². The van der Waals surface area contributed by atoms with Crippen LogP contribution in [0.25, 0.3) is 0 Å². The van der Waals surface area contributed by atoms with E-state index in [4.69, 9.17) is 18.0 Å². The van der Waals surface area contributed by atoms with Crippen LogP contribution in [0.4, 0.5) is 11.4 Å². The summed E-state index contributed by atoms with van der Waals surface area (Å²) in [6.45, 7) is 8.68. The molecule has 0 radical (unpaired) electrons. The summed E-state index contributed by atoms with van der Waals surface area (Å²) < 4.78 is 0. The second kappa shape index (κ2) is 5.86. The Morgan fingerprint density at radius 2 is 1.71 bits per heavy atom. The molecule has 0 aliphatic heterocycles. The zero-order valence-electron chi connectivity index (χ0n) is 13.0. The van der Waals surface area contributed by atoms with Gasteiger partial charge in [0.05, 0.1) is 0 Å². The third-order valence-electron chi connectivity index (χ3n) is 3.44. The number of nitrogens with one attached hydrogen (secondary N) is 1. The average molecular weight is 298 g/mol. The lowest BCUT2D eigenvalue weighted by molar-refractivity contribution is 0.592. The first kappa shape index (κ1) is 15.5. The van der Waals surface area contributed by atoms with Crippen molar-refractivity contribution < 1.29 is 0 Å². The average Bonchev–Trinajstić information content (AvgIpc) is 2.37. The summed E-state index contributed by atoms with van der Waals surface area (Å²) in [7, 11) is 0. The van der Waals surface area contributed by atoms with Gasteiger partial charge in [-0.15, -0.1) is 0 Å². The Kier molecular flexibility index (Phi) is 4.33. The maximum Gasteiger partial charge on any atom is 0.106 e. The van der Waals surface area contributed by atoms with Crippen molar-refractivity contribution in [2.24, 2.45) is 5.73 Å². The van der Waals surface area contributed by atoms with Gasteiger partial charge in [-0.25, -0.2) is 0 Å². The summed E-state index contributed by atoms with van der Waals surface area (Å²) in [5, 5.41) is 3.50. The Bertz CT molecular complexity index is 669. The number of anilines is 2. The maximum atomic E-state index is 5.83. The molecule has 3 N–H and O–H groups in total. The van der Waals surface area contributed by atoms with Gasteiger partial charge in [0.25, 0.3) is 0 Å². The van der Waals surface area contributed by atoms with Gasteiger partial charge in [-0.2, -0.15) is 0 Å². The van der Waals surface area contributed by atoms with Crippen LogP contribution in [0.15, 0.2) is 42.5 Å². The lowest BCUT2D eigenvalue weighted by atomic mass is 9.85. The molecular weight excluding hydrogens is 276 g/mol. The SMILES string of the molecule is Cc1ccc(C(N)=S)c(Nc2ccccc2C(C)(C)C)c1. The summed E-state index contributed by atoms with van der Waals surface area (Å²) in [5.74, 6) is 0. The maximum absolute atomic E-state index is 5.83. The summed E-state index contributed by atoms with van der Waals surface area (Å²) >= 11 is 5.15. The Morgan fingerprint density at radius 3 is 2.33 bits per heavy atom. The van der Waals surface area contributed by atoms with E-state index in [0.29, 0.717) is 4.99 Å². The normalized spacial score (nSPS) is 11.2. The molecule has 0 saturated heterocycles. The topological polar surface area (TPSA) is 38.0 Å². The van der Waals surface area contributed by atoms with Crippen LogP contribution in [0.2, 0.25) is 0 Å². The number of nitrogens with two attached hydrogens (primary N) is 1. The molecule has 0 bridgehead atoms. The first-order chi connectivity index (χ1) is 9.79. The van der Waals surface area contributed by atoms with Crippen LogP contribution >= 0.6 is 12.2 Å². The van der Waals surface area contributed by atoms with Crippen molar-refractivity contribution >= 4 is 28.6 Å². The van der Waals surface area contributed by atoms with E-state index in [-0.39, 0.29) is 5.41 Å². The zero-order chi connectivity index (χ0) is 15.6. The van der Waals surface area contributed by atoms with Gasteiger partial charge in [0.1, 0.15) is 4.99 Å². The first-order valence-electron chi connectivity index (χ1n) is 7.06. The minimum absolute atomic E-state index is 0.0663. The van der Waals surface area contributed by atoms with Crippen LogP contribution in [0.1, 0.15) is 37.5 Å². The molecule has 0 atom stereocenters. The number of para-hydroxylation sites is 1. The molecule has 2 nitrogen and oxygen atoms in total. The van der Waals surface area contributed by atoms with Gasteiger partial charge in [0, 0.05) is 16.9 Å². The molecular formula is C18H22N2S. The highest BCUT2D eigenvalue weighted by Crippen LogP contribution is 2.32. The number of benzene rings is 2. The van der Waals surface area contributed by atoms with Crippen LogP contribution in [0, 0.1) is 6.92 Å². The second-order valence-electron chi connectivity index (χ2n) is 6.33. The molecule has 2 rings (SSSR count). The molecule has 110 valence electrons. The van der Waals surface area contributed by atoms with Crippen molar-refractivity contribution in [3.63, 3.8) is 0 Å². The molecule has 0 amide bonds. The monoisotopic (exact) mass is 298 g/mol. The van der Waals surface area contributed by atoms with Gasteiger partial charge in [0.2, 0.25) is 0 Å². The fourth-order valence-electron chi connectivity index (χ4n) is 2.37.